The van der Waals surface area contributed by atoms with Gasteiger partial charge in [0.15, 0.2) is 0 Å². The van der Waals surface area contributed by atoms with Crippen molar-refractivity contribution in [1.82, 2.24) is 4.57 Å². The van der Waals surface area contributed by atoms with E-state index in [1.165, 1.54) is 0 Å². The van der Waals surface area contributed by atoms with Gasteiger partial charge in [-0.05, 0) is 31.2 Å². The van der Waals surface area contributed by atoms with Gasteiger partial charge >= 0.3 is 5.56 Å². The van der Waals surface area contributed by atoms with Crippen LogP contribution >= 0.6 is 0 Å². The van der Waals surface area contributed by atoms with E-state index in [-0.39, 0.29) is 5.56 Å². The Morgan fingerprint density at radius 2 is 1.48 bits per heavy atom. The van der Waals surface area contributed by atoms with Gasteiger partial charge in [-0.15, -0.1) is 10.2 Å². The van der Waals surface area contributed by atoms with E-state index in [9.17, 15) is 4.79 Å². The zero-order valence-corrected chi connectivity index (χ0v) is 14.5. The average Bonchev–Trinajstić information content (AvgIpc) is 2.55. The van der Waals surface area contributed by atoms with Crippen molar-refractivity contribution in [3.63, 3.8) is 0 Å². The summed E-state index contributed by atoms with van der Waals surface area (Å²) in [6.45, 7) is 4.92. The van der Waals surface area contributed by atoms with Crippen molar-refractivity contribution < 1.29 is 33.4 Å². The molecule has 0 fully saturated rings. The number of nitrogens with zero attached hydrogens (tertiary/aromatic N) is 2. The zero-order valence-electron chi connectivity index (χ0n) is 13.7. The normalized spacial score (nSPS) is 11.1. The summed E-state index contributed by atoms with van der Waals surface area (Å²) in [7, 11) is -4.94. The lowest BCUT2D eigenvalue weighted by Gasteiger charge is -2.17. The Bertz CT molecular complexity index is 914. The third-order valence-electron chi connectivity index (χ3n) is 3.67. The van der Waals surface area contributed by atoms with Crippen molar-refractivity contribution >= 4 is 10.9 Å². The molecule has 1 aromatic heterocycles. The molecule has 0 saturated carbocycles. The summed E-state index contributed by atoms with van der Waals surface area (Å²) < 4.78 is 37.9. The van der Waals surface area contributed by atoms with Gasteiger partial charge in [0.25, 0.3) is 5.82 Å². The van der Waals surface area contributed by atoms with Crippen LogP contribution in [0.25, 0.3) is 16.6 Å². The number of aryl methyl sites for hydroxylation is 1. The maximum absolute atomic E-state index is 12.8. The first-order valence-electron chi connectivity index (χ1n) is 7.45. The van der Waals surface area contributed by atoms with Gasteiger partial charge < -0.3 is 0 Å². The molecule has 132 valence electrons. The van der Waals surface area contributed by atoms with Crippen LogP contribution in [0.5, 0.6) is 0 Å². The topological polar surface area (TPSA) is 118 Å². The summed E-state index contributed by atoms with van der Waals surface area (Å²) in [5.41, 5.74) is 1.93. The van der Waals surface area contributed by atoms with Gasteiger partial charge in [-0.2, -0.15) is 4.57 Å². The molecule has 0 amide bonds. The van der Waals surface area contributed by atoms with Gasteiger partial charge in [-0.1, -0.05) is 30.3 Å². The Morgan fingerprint density at radius 1 is 0.960 bits per heavy atom. The molecule has 3 aromatic rings. The van der Waals surface area contributed by atoms with E-state index < -0.39 is 10.2 Å². The molecule has 0 atom stereocenters. The van der Waals surface area contributed by atoms with E-state index in [0.29, 0.717) is 0 Å². The Morgan fingerprint density at radius 3 is 2.04 bits per heavy atom. The first-order valence-corrected chi connectivity index (χ1v) is 8.69. The zero-order chi connectivity index (χ0) is 18.6. The predicted octanol–water partition coefficient (Wildman–Crippen LogP) is -2.15. The molecular weight excluding hydrogens is 348 g/mol. The van der Waals surface area contributed by atoms with Crippen molar-refractivity contribution in [2.45, 2.75) is 20.4 Å². The van der Waals surface area contributed by atoms with E-state index in [1.807, 2.05) is 61.5 Å². The molecule has 8 heteroatoms. The minimum atomic E-state index is -4.94. The van der Waals surface area contributed by atoms with Gasteiger partial charge in [0.2, 0.25) is 0 Å². The Hall–Kier alpha value is -2.29. The van der Waals surface area contributed by atoms with E-state index in [1.54, 1.807) is 4.57 Å². The summed E-state index contributed by atoms with van der Waals surface area (Å²) >= 11 is 0. The molecule has 0 radical (unpaired) electrons. The molecule has 1 heterocycles. The van der Waals surface area contributed by atoms with Gasteiger partial charge in [0, 0.05) is 6.92 Å². The minimum Gasteiger partial charge on any atom is -0.240 e. The van der Waals surface area contributed by atoms with E-state index in [2.05, 4.69) is 11.5 Å². The van der Waals surface area contributed by atoms with Crippen LogP contribution in [0.2, 0.25) is 0 Å². The van der Waals surface area contributed by atoms with Crippen LogP contribution in [0, 0.1) is 17.2 Å². The third-order valence-corrected chi connectivity index (χ3v) is 3.67. The smallest absolute Gasteiger partial charge is 0.240 e. The number of hydrogen-bond donors (Lipinski definition) is 0. The van der Waals surface area contributed by atoms with Crippen molar-refractivity contribution in [3.05, 3.63) is 70.8 Å². The highest BCUT2D eigenvalue weighted by Gasteiger charge is 2.20. The number of para-hydroxylation sites is 2. The molecule has 0 spiro atoms. The van der Waals surface area contributed by atoms with Crippen LogP contribution in [0.3, 0.4) is 0 Å². The molecule has 2 aromatic carbocycles. The Labute approximate surface area is 146 Å². The monoisotopic (exact) mass is 364 g/mol. The summed E-state index contributed by atoms with van der Waals surface area (Å²) in [5, 5.41) is 0.754. The van der Waals surface area contributed by atoms with Crippen LogP contribution in [-0.4, -0.2) is 4.57 Å². The maximum atomic E-state index is 12.8. The maximum Gasteiger partial charge on any atom is 0.350 e. The van der Waals surface area contributed by atoms with Crippen molar-refractivity contribution in [2.75, 3.05) is 0 Å². The average molecular weight is 365 g/mol. The number of fused-ring (bicyclic) bond motifs is 1. The fraction of sp³-hybridized carbons (Fsp3) is 0.176. The second-order valence-electron chi connectivity index (χ2n) is 5.16. The SMILES string of the molecule is CC[n+]1c(C)n(-c2ccccc2)c(=O)c2ccccc21.[O-][Cl+3]([O-])([O-])[O-]. The third kappa shape index (κ3) is 4.62. The quantitative estimate of drug-likeness (QED) is 0.480. The largest absolute Gasteiger partial charge is 0.350 e. The van der Waals surface area contributed by atoms with Crippen LogP contribution in [0.1, 0.15) is 12.7 Å². The summed E-state index contributed by atoms with van der Waals surface area (Å²) in [4.78, 5) is 12.8. The first kappa shape index (κ1) is 19.0. The Kier molecular flexibility index (Phi) is 5.89. The molecule has 0 aliphatic heterocycles. The van der Waals surface area contributed by atoms with Crippen LogP contribution in [0.15, 0.2) is 59.4 Å². The predicted molar refractivity (Wildman–Crippen MR) is 80.2 cm³/mol. The molecule has 7 nitrogen and oxygen atoms in total. The summed E-state index contributed by atoms with van der Waals surface area (Å²) in [5.74, 6) is 0.947. The molecule has 0 unspecified atom stereocenters. The number of aromatic nitrogens is 2. The highest BCUT2D eigenvalue weighted by molar-refractivity contribution is 5.74. The van der Waals surface area contributed by atoms with Crippen molar-refractivity contribution in [3.8, 4) is 5.69 Å². The van der Waals surface area contributed by atoms with Crippen LogP contribution in [0.4, 0.5) is 0 Å². The van der Waals surface area contributed by atoms with Gasteiger partial charge in [0.1, 0.15) is 16.6 Å². The molecule has 0 aliphatic rings. The van der Waals surface area contributed by atoms with Crippen molar-refractivity contribution in [2.24, 2.45) is 0 Å². The second kappa shape index (κ2) is 7.73. The fourth-order valence-electron chi connectivity index (χ4n) is 2.73. The summed E-state index contributed by atoms with van der Waals surface area (Å²) in [6, 6.07) is 17.6. The lowest BCUT2D eigenvalue weighted by atomic mass is 10.2. The number of hydrogen-bond acceptors (Lipinski definition) is 5. The minimum absolute atomic E-state index is 0.0361. The summed E-state index contributed by atoms with van der Waals surface area (Å²) in [6.07, 6.45) is 0. The lowest BCUT2D eigenvalue weighted by Crippen LogP contribution is -2.68. The Balaban J connectivity index is 0.000000399. The van der Waals surface area contributed by atoms with E-state index in [0.717, 1.165) is 29.0 Å². The fourth-order valence-corrected chi connectivity index (χ4v) is 2.73. The first-order chi connectivity index (χ1) is 11.7. The number of rotatable bonds is 2. The number of benzene rings is 2. The second-order valence-corrected chi connectivity index (χ2v) is 5.92. The molecule has 0 bridgehead atoms. The van der Waals surface area contributed by atoms with Crippen molar-refractivity contribution in [1.29, 1.82) is 0 Å². The molecule has 25 heavy (non-hydrogen) atoms. The molecule has 0 aliphatic carbocycles. The van der Waals surface area contributed by atoms with Gasteiger partial charge in [-0.25, -0.2) is 28.0 Å². The standard InChI is InChI=1S/C17H17N2O.ClHO4/c1-3-18-13(2)19(14-9-5-4-6-10-14)17(20)15-11-7-8-12-16(15)18;2-1(3,4)5/h4-12H,3H2,1-2H3;(H,2,3,4,5)/q+1;/p-1. The molecular formula is C17H17ClN2O5. The molecule has 0 saturated heterocycles. The van der Waals surface area contributed by atoms with E-state index in [4.69, 9.17) is 18.6 Å². The lowest BCUT2D eigenvalue weighted by molar-refractivity contribution is -2.00. The van der Waals surface area contributed by atoms with Crippen LogP contribution in [-0.2, 0) is 6.54 Å². The van der Waals surface area contributed by atoms with Gasteiger partial charge in [-0.3, -0.25) is 0 Å². The highest BCUT2D eigenvalue weighted by Crippen LogP contribution is 2.11. The van der Waals surface area contributed by atoms with Gasteiger partial charge in [0.05, 0.1) is 6.54 Å². The number of halogens is 1. The van der Waals surface area contributed by atoms with E-state index >= 15 is 0 Å². The highest BCUT2D eigenvalue weighted by atomic mass is 35.7. The van der Waals surface area contributed by atoms with Crippen LogP contribution < -0.4 is 28.8 Å². The molecule has 0 N–H and O–H groups in total. The molecule has 3 rings (SSSR count).